The molecular formula is C16H25NO2S. The standard InChI is InChI=1S/C16H25NO2S/c1-5-17(12-16(3,4)19)15(18)11-20-10-14-8-6-7-13(2)9-14/h6-9,19H,5,10-12H2,1-4H3. The Morgan fingerprint density at radius 3 is 2.65 bits per heavy atom. The van der Waals surface area contributed by atoms with Crippen LogP contribution in [0.4, 0.5) is 0 Å². The van der Waals surface area contributed by atoms with Crippen molar-refractivity contribution < 1.29 is 9.90 Å². The van der Waals surface area contributed by atoms with Crippen molar-refractivity contribution in [2.24, 2.45) is 0 Å². The summed E-state index contributed by atoms with van der Waals surface area (Å²) in [5, 5.41) is 9.80. The molecule has 1 N–H and O–H groups in total. The summed E-state index contributed by atoms with van der Waals surface area (Å²) in [5.74, 6) is 1.39. The molecule has 0 fully saturated rings. The van der Waals surface area contributed by atoms with Crippen molar-refractivity contribution in [2.75, 3.05) is 18.8 Å². The van der Waals surface area contributed by atoms with E-state index in [1.165, 1.54) is 11.1 Å². The molecule has 1 amide bonds. The molecule has 0 heterocycles. The lowest BCUT2D eigenvalue weighted by Crippen LogP contribution is -2.42. The van der Waals surface area contributed by atoms with Gasteiger partial charge in [-0.15, -0.1) is 11.8 Å². The Balaban J connectivity index is 2.42. The molecular weight excluding hydrogens is 270 g/mol. The molecule has 3 nitrogen and oxygen atoms in total. The number of amides is 1. The maximum absolute atomic E-state index is 12.1. The van der Waals surface area contributed by atoms with E-state index >= 15 is 0 Å². The number of benzene rings is 1. The highest BCUT2D eigenvalue weighted by Crippen LogP contribution is 2.15. The number of aliphatic hydroxyl groups is 1. The molecule has 0 radical (unpaired) electrons. The lowest BCUT2D eigenvalue weighted by Gasteiger charge is -2.28. The maximum atomic E-state index is 12.1. The van der Waals surface area contributed by atoms with E-state index in [4.69, 9.17) is 0 Å². The number of aryl methyl sites for hydroxylation is 1. The zero-order valence-electron chi connectivity index (χ0n) is 12.8. The minimum Gasteiger partial charge on any atom is -0.389 e. The van der Waals surface area contributed by atoms with Crippen molar-refractivity contribution in [3.8, 4) is 0 Å². The molecule has 0 bridgehead atoms. The van der Waals surface area contributed by atoms with Gasteiger partial charge in [0.2, 0.25) is 5.91 Å². The second-order valence-corrected chi connectivity index (χ2v) is 6.69. The molecule has 0 unspecified atom stereocenters. The summed E-state index contributed by atoms with van der Waals surface area (Å²) < 4.78 is 0. The number of hydrogen-bond acceptors (Lipinski definition) is 3. The third kappa shape index (κ3) is 6.44. The van der Waals surface area contributed by atoms with Crippen LogP contribution in [-0.4, -0.2) is 40.4 Å². The molecule has 1 rings (SSSR count). The van der Waals surface area contributed by atoms with Gasteiger partial charge >= 0.3 is 0 Å². The molecule has 4 heteroatoms. The van der Waals surface area contributed by atoms with Gasteiger partial charge in [-0.25, -0.2) is 0 Å². The van der Waals surface area contributed by atoms with Gasteiger partial charge in [0.15, 0.2) is 0 Å². The van der Waals surface area contributed by atoms with Crippen LogP contribution in [0.25, 0.3) is 0 Å². The van der Waals surface area contributed by atoms with E-state index in [0.717, 1.165) is 5.75 Å². The van der Waals surface area contributed by atoms with Crippen molar-refractivity contribution in [3.05, 3.63) is 35.4 Å². The Morgan fingerprint density at radius 2 is 2.10 bits per heavy atom. The predicted molar refractivity (Wildman–Crippen MR) is 85.9 cm³/mol. The molecule has 112 valence electrons. The lowest BCUT2D eigenvalue weighted by molar-refractivity contribution is -0.131. The summed E-state index contributed by atoms with van der Waals surface area (Å²) in [6, 6.07) is 8.34. The summed E-state index contributed by atoms with van der Waals surface area (Å²) in [6.07, 6.45) is 0. The van der Waals surface area contributed by atoms with Gasteiger partial charge in [-0.3, -0.25) is 4.79 Å². The lowest BCUT2D eigenvalue weighted by atomic mass is 10.1. The fraction of sp³-hybridized carbons (Fsp3) is 0.562. The van der Waals surface area contributed by atoms with Gasteiger partial charge in [0.05, 0.1) is 11.4 Å². The van der Waals surface area contributed by atoms with Crippen LogP contribution >= 0.6 is 11.8 Å². The smallest absolute Gasteiger partial charge is 0.232 e. The zero-order chi connectivity index (χ0) is 15.2. The third-order valence-electron chi connectivity index (χ3n) is 2.89. The summed E-state index contributed by atoms with van der Waals surface area (Å²) in [7, 11) is 0. The summed E-state index contributed by atoms with van der Waals surface area (Å²) in [6.45, 7) is 8.48. The van der Waals surface area contributed by atoms with Gasteiger partial charge < -0.3 is 10.0 Å². The normalized spacial score (nSPS) is 11.4. The number of carbonyl (C=O) groups excluding carboxylic acids is 1. The fourth-order valence-electron chi connectivity index (χ4n) is 1.99. The number of carbonyl (C=O) groups is 1. The average Bonchev–Trinajstić information content (AvgIpc) is 2.34. The van der Waals surface area contributed by atoms with E-state index in [1.54, 1.807) is 30.5 Å². The highest BCUT2D eigenvalue weighted by molar-refractivity contribution is 7.99. The van der Waals surface area contributed by atoms with Crippen molar-refractivity contribution in [2.45, 2.75) is 39.0 Å². The van der Waals surface area contributed by atoms with Gasteiger partial charge in [0.25, 0.3) is 0 Å². The SMILES string of the molecule is CCN(CC(C)(C)O)C(=O)CSCc1cccc(C)c1. The second kappa shape index (κ2) is 7.70. The Bertz CT molecular complexity index is 440. The Labute approximate surface area is 126 Å². The largest absolute Gasteiger partial charge is 0.389 e. The fourth-order valence-corrected chi connectivity index (χ4v) is 2.87. The average molecular weight is 295 g/mol. The number of nitrogens with zero attached hydrogens (tertiary/aromatic N) is 1. The van der Waals surface area contributed by atoms with Crippen molar-refractivity contribution in [1.82, 2.24) is 4.90 Å². The number of likely N-dealkylation sites (N-methyl/N-ethyl adjacent to an activating group) is 1. The molecule has 0 aliphatic heterocycles. The van der Waals surface area contributed by atoms with Gasteiger partial charge in [-0.2, -0.15) is 0 Å². The topological polar surface area (TPSA) is 40.5 Å². The van der Waals surface area contributed by atoms with Gasteiger partial charge in [0.1, 0.15) is 0 Å². The van der Waals surface area contributed by atoms with Crippen LogP contribution in [0.2, 0.25) is 0 Å². The summed E-state index contributed by atoms with van der Waals surface area (Å²) in [4.78, 5) is 13.8. The predicted octanol–water partition coefficient (Wildman–Crippen LogP) is 2.85. The van der Waals surface area contributed by atoms with E-state index in [-0.39, 0.29) is 5.91 Å². The Morgan fingerprint density at radius 1 is 1.40 bits per heavy atom. The van der Waals surface area contributed by atoms with Crippen LogP contribution in [0.5, 0.6) is 0 Å². The van der Waals surface area contributed by atoms with Crippen LogP contribution in [0.3, 0.4) is 0 Å². The van der Waals surface area contributed by atoms with Crippen LogP contribution < -0.4 is 0 Å². The third-order valence-corrected chi connectivity index (χ3v) is 3.88. The number of hydrogen-bond donors (Lipinski definition) is 1. The van der Waals surface area contributed by atoms with E-state index < -0.39 is 5.60 Å². The van der Waals surface area contributed by atoms with Crippen LogP contribution in [-0.2, 0) is 10.5 Å². The molecule has 20 heavy (non-hydrogen) atoms. The molecule has 0 aliphatic rings. The van der Waals surface area contributed by atoms with Gasteiger partial charge in [-0.1, -0.05) is 29.8 Å². The number of thioether (sulfide) groups is 1. The van der Waals surface area contributed by atoms with Crippen molar-refractivity contribution >= 4 is 17.7 Å². The molecule has 1 aromatic rings. The first-order valence-electron chi connectivity index (χ1n) is 6.95. The minimum absolute atomic E-state index is 0.0901. The molecule has 1 aromatic carbocycles. The molecule has 0 spiro atoms. The number of rotatable bonds is 7. The van der Waals surface area contributed by atoms with Crippen LogP contribution in [0.15, 0.2) is 24.3 Å². The van der Waals surface area contributed by atoms with E-state index in [0.29, 0.717) is 18.8 Å². The molecule has 0 atom stereocenters. The first kappa shape index (κ1) is 17.1. The summed E-state index contributed by atoms with van der Waals surface area (Å²) >= 11 is 1.62. The monoisotopic (exact) mass is 295 g/mol. The van der Waals surface area contributed by atoms with E-state index in [2.05, 4.69) is 25.1 Å². The van der Waals surface area contributed by atoms with Crippen molar-refractivity contribution in [3.63, 3.8) is 0 Å². The zero-order valence-corrected chi connectivity index (χ0v) is 13.7. The molecule has 0 saturated heterocycles. The van der Waals surface area contributed by atoms with E-state index in [1.807, 2.05) is 13.0 Å². The minimum atomic E-state index is -0.840. The van der Waals surface area contributed by atoms with Crippen molar-refractivity contribution in [1.29, 1.82) is 0 Å². The Kier molecular flexibility index (Phi) is 6.56. The maximum Gasteiger partial charge on any atom is 0.232 e. The Hall–Kier alpha value is -1.00. The van der Waals surface area contributed by atoms with Gasteiger partial charge in [0, 0.05) is 18.8 Å². The highest BCUT2D eigenvalue weighted by Gasteiger charge is 2.20. The highest BCUT2D eigenvalue weighted by atomic mass is 32.2. The first-order chi connectivity index (χ1) is 9.31. The van der Waals surface area contributed by atoms with Gasteiger partial charge in [-0.05, 0) is 33.3 Å². The van der Waals surface area contributed by atoms with Crippen LogP contribution in [0, 0.1) is 6.92 Å². The molecule has 0 aliphatic carbocycles. The molecule has 0 aromatic heterocycles. The second-order valence-electron chi connectivity index (χ2n) is 5.70. The summed E-state index contributed by atoms with van der Waals surface area (Å²) in [5.41, 5.74) is 1.65. The first-order valence-corrected chi connectivity index (χ1v) is 8.10. The van der Waals surface area contributed by atoms with Crippen LogP contribution in [0.1, 0.15) is 31.9 Å². The quantitative estimate of drug-likeness (QED) is 0.841. The molecule has 0 saturated carbocycles. The van der Waals surface area contributed by atoms with E-state index in [9.17, 15) is 9.90 Å².